The zero-order valence-corrected chi connectivity index (χ0v) is 26.0. The number of nitrogens with one attached hydrogen (secondary N) is 2. The van der Waals surface area contributed by atoms with Gasteiger partial charge in [-0.15, -0.1) is 22.7 Å². The predicted molar refractivity (Wildman–Crippen MR) is 165 cm³/mol. The number of ether oxygens (including phenoxy) is 2. The Morgan fingerprint density at radius 3 is 1.48 bits per heavy atom. The van der Waals surface area contributed by atoms with Gasteiger partial charge < -0.3 is 20.1 Å². The first-order valence-electron chi connectivity index (χ1n) is 14.6. The summed E-state index contributed by atoms with van der Waals surface area (Å²) >= 11 is 2.84. The Labute approximate surface area is 253 Å². The predicted octanol–water partition coefficient (Wildman–Crippen LogP) is 7.20. The van der Waals surface area contributed by atoms with Gasteiger partial charge in [-0.3, -0.25) is 9.59 Å². The number of amides is 2. The molecule has 0 saturated carbocycles. The molecule has 2 aliphatic carbocycles. The summed E-state index contributed by atoms with van der Waals surface area (Å²) in [6, 6.07) is 6.41. The van der Waals surface area contributed by atoms with Crippen LogP contribution in [0.25, 0.3) is 0 Å². The van der Waals surface area contributed by atoms with Gasteiger partial charge in [0.15, 0.2) is 0 Å². The number of hydrogen-bond acceptors (Lipinski definition) is 8. The normalized spacial score (nSPS) is 14.2. The number of carbonyl (C=O) groups is 4. The minimum Gasteiger partial charge on any atom is -0.459 e. The van der Waals surface area contributed by atoms with Gasteiger partial charge >= 0.3 is 11.9 Å². The van der Waals surface area contributed by atoms with E-state index >= 15 is 0 Å². The van der Waals surface area contributed by atoms with E-state index in [2.05, 4.69) is 10.6 Å². The van der Waals surface area contributed by atoms with Gasteiger partial charge in [0.1, 0.15) is 10.0 Å². The summed E-state index contributed by atoms with van der Waals surface area (Å²) in [6.45, 7) is 7.19. The fourth-order valence-corrected chi connectivity index (χ4v) is 7.98. The van der Waals surface area contributed by atoms with Crippen molar-refractivity contribution in [1.82, 2.24) is 0 Å². The van der Waals surface area contributed by atoms with Crippen molar-refractivity contribution in [2.45, 2.75) is 91.3 Å². The molecule has 0 aliphatic heterocycles. The fourth-order valence-electron chi connectivity index (χ4n) is 5.44. The van der Waals surface area contributed by atoms with Crippen LogP contribution in [0, 0.1) is 0 Å². The molecule has 10 heteroatoms. The molecular weight excluding hydrogens is 572 g/mol. The van der Waals surface area contributed by atoms with Crippen LogP contribution >= 0.6 is 22.7 Å². The van der Waals surface area contributed by atoms with Gasteiger partial charge in [0.25, 0.3) is 11.8 Å². The maximum atomic E-state index is 13.4. The zero-order valence-electron chi connectivity index (χ0n) is 24.4. The first kappa shape index (κ1) is 30.0. The molecule has 3 aromatic rings. The van der Waals surface area contributed by atoms with Gasteiger partial charge in [0, 0.05) is 20.9 Å². The van der Waals surface area contributed by atoms with Crippen molar-refractivity contribution in [2.75, 3.05) is 10.6 Å². The summed E-state index contributed by atoms with van der Waals surface area (Å²) in [4.78, 5) is 55.0. The second-order valence-electron chi connectivity index (χ2n) is 11.2. The molecule has 0 atom stereocenters. The highest BCUT2D eigenvalue weighted by molar-refractivity contribution is 7.17. The van der Waals surface area contributed by atoms with Crippen molar-refractivity contribution in [1.29, 1.82) is 0 Å². The first-order valence-corrected chi connectivity index (χ1v) is 16.2. The number of rotatable bonds is 8. The SMILES string of the molecule is CC(C)OC(=O)c1c(NC(=O)c2cccc(C(=O)Nc3sc4c(c3C(=O)OC(C)C)CCCC4)c2)sc2c1CCCC2. The highest BCUT2D eigenvalue weighted by Crippen LogP contribution is 2.40. The number of fused-ring (bicyclic) bond motifs is 2. The molecule has 2 amide bonds. The summed E-state index contributed by atoms with van der Waals surface area (Å²) in [5.74, 6) is -1.71. The molecule has 42 heavy (non-hydrogen) atoms. The van der Waals surface area contributed by atoms with E-state index in [0.29, 0.717) is 21.1 Å². The number of anilines is 2. The Morgan fingerprint density at radius 1 is 0.667 bits per heavy atom. The summed E-state index contributed by atoms with van der Waals surface area (Å²) in [5, 5.41) is 6.79. The van der Waals surface area contributed by atoms with Crippen LogP contribution in [0.3, 0.4) is 0 Å². The van der Waals surface area contributed by atoms with E-state index in [1.165, 1.54) is 28.7 Å². The average Bonchev–Trinajstić information content (AvgIpc) is 3.49. The van der Waals surface area contributed by atoms with E-state index in [-0.39, 0.29) is 23.3 Å². The Balaban J connectivity index is 1.38. The molecule has 1 aromatic carbocycles. The van der Waals surface area contributed by atoms with Crippen LogP contribution in [0.4, 0.5) is 10.0 Å². The molecule has 2 aromatic heterocycles. The maximum Gasteiger partial charge on any atom is 0.341 e. The van der Waals surface area contributed by atoms with Crippen LogP contribution < -0.4 is 10.6 Å². The smallest absolute Gasteiger partial charge is 0.341 e. The lowest BCUT2D eigenvalue weighted by Crippen LogP contribution is -2.19. The van der Waals surface area contributed by atoms with E-state index in [1.807, 2.05) is 0 Å². The van der Waals surface area contributed by atoms with Crippen LogP contribution in [0.5, 0.6) is 0 Å². The molecule has 0 bridgehead atoms. The lowest BCUT2D eigenvalue weighted by atomic mass is 9.95. The average molecular weight is 609 g/mol. The molecule has 5 rings (SSSR count). The number of benzene rings is 1. The lowest BCUT2D eigenvalue weighted by Gasteiger charge is -2.14. The van der Waals surface area contributed by atoms with Crippen molar-refractivity contribution >= 4 is 56.4 Å². The van der Waals surface area contributed by atoms with Crippen molar-refractivity contribution in [2.24, 2.45) is 0 Å². The van der Waals surface area contributed by atoms with Gasteiger partial charge in [-0.2, -0.15) is 0 Å². The Morgan fingerprint density at radius 2 is 1.07 bits per heavy atom. The molecule has 0 spiro atoms. The fraction of sp³-hybridized carbons (Fsp3) is 0.438. The minimum absolute atomic E-state index is 0.280. The van der Waals surface area contributed by atoms with Crippen LogP contribution in [0.1, 0.15) is 116 Å². The van der Waals surface area contributed by atoms with E-state index in [0.717, 1.165) is 72.2 Å². The number of carbonyl (C=O) groups excluding carboxylic acids is 4. The molecule has 2 N–H and O–H groups in total. The summed E-state index contributed by atoms with van der Waals surface area (Å²) in [5.41, 5.74) is 3.36. The number of thiophene rings is 2. The number of esters is 2. The minimum atomic E-state index is -0.432. The van der Waals surface area contributed by atoms with Crippen molar-refractivity contribution < 1.29 is 28.7 Å². The summed E-state index contributed by atoms with van der Waals surface area (Å²) < 4.78 is 11.0. The van der Waals surface area contributed by atoms with E-state index < -0.39 is 23.8 Å². The topological polar surface area (TPSA) is 111 Å². The van der Waals surface area contributed by atoms with Crippen LogP contribution in [0.2, 0.25) is 0 Å². The van der Waals surface area contributed by atoms with Crippen LogP contribution in [-0.4, -0.2) is 36.0 Å². The Kier molecular flexibility index (Phi) is 9.13. The first-order chi connectivity index (χ1) is 20.1. The Hall–Kier alpha value is -3.50. The number of hydrogen-bond donors (Lipinski definition) is 2. The molecule has 2 heterocycles. The van der Waals surface area contributed by atoms with E-state index in [1.54, 1.807) is 45.9 Å². The van der Waals surface area contributed by atoms with Crippen LogP contribution in [-0.2, 0) is 35.2 Å². The molecule has 2 aliphatic rings. The molecular formula is C32H36N2O6S2. The third-order valence-corrected chi connectivity index (χ3v) is 9.69. The quantitative estimate of drug-likeness (QED) is 0.262. The summed E-state index contributed by atoms with van der Waals surface area (Å²) in [7, 11) is 0. The largest absolute Gasteiger partial charge is 0.459 e. The number of aryl methyl sites for hydroxylation is 2. The monoisotopic (exact) mass is 608 g/mol. The second kappa shape index (κ2) is 12.8. The van der Waals surface area contributed by atoms with Gasteiger partial charge in [0.05, 0.1) is 23.3 Å². The Bertz CT molecular complexity index is 1420. The highest BCUT2D eigenvalue weighted by Gasteiger charge is 2.30. The third-order valence-electron chi connectivity index (χ3n) is 7.28. The van der Waals surface area contributed by atoms with Crippen molar-refractivity contribution in [3.05, 3.63) is 67.4 Å². The van der Waals surface area contributed by atoms with Gasteiger partial charge in [-0.05, 0) is 108 Å². The molecule has 222 valence electrons. The lowest BCUT2D eigenvalue weighted by molar-refractivity contribution is 0.0367. The van der Waals surface area contributed by atoms with E-state index in [4.69, 9.17) is 9.47 Å². The van der Waals surface area contributed by atoms with Crippen molar-refractivity contribution in [3.8, 4) is 0 Å². The van der Waals surface area contributed by atoms with Gasteiger partial charge in [-0.25, -0.2) is 9.59 Å². The summed E-state index contributed by atoms with van der Waals surface area (Å²) in [6.07, 6.45) is 6.78. The second-order valence-corrected chi connectivity index (χ2v) is 13.4. The third kappa shape index (κ3) is 6.44. The molecule has 0 radical (unpaired) electrons. The highest BCUT2D eigenvalue weighted by atomic mass is 32.1. The maximum absolute atomic E-state index is 13.4. The standard InChI is InChI=1S/C32H36N2O6S2/c1-17(2)39-31(37)25-21-12-5-7-14-23(21)41-29(25)33-27(35)19-10-9-11-20(16-19)28(36)34-30-26(32(38)40-18(3)4)22-13-6-8-15-24(22)42-30/h9-11,16-18H,5-8,12-15H2,1-4H3,(H,33,35)(H,34,36). The van der Waals surface area contributed by atoms with E-state index in [9.17, 15) is 19.2 Å². The zero-order chi connectivity index (χ0) is 30.0. The molecule has 8 nitrogen and oxygen atoms in total. The van der Waals surface area contributed by atoms with Crippen LogP contribution in [0.15, 0.2) is 24.3 Å². The molecule has 0 unspecified atom stereocenters. The molecule has 0 saturated heterocycles. The van der Waals surface area contributed by atoms with Gasteiger partial charge in [0.2, 0.25) is 0 Å². The molecule has 0 fully saturated rings. The van der Waals surface area contributed by atoms with Crippen molar-refractivity contribution in [3.63, 3.8) is 0 Å². The van der Waals surface area contributed by atoms with Gasteiger partial charge in [-0.1, -0.05) is 6.07 Å².